The molecule has 1 saturated heterocycles. The van der Waals surface area contributed by atoms with Crippen LogP contribution in [0.3, 0.4) is 0 Å². The summed E-state index contributed by atoms with van der Waals surface area (Å²) in [5, 5.41) is 23.3. The van der Waals surface area contributed by atoms with Crippen molar-refractivity contribution in [2.45, 2.75) is 75.2 Å². The SMILES string of the molecule is CO[C@]12C=CC3(CC1(C)[C@@H](O)c1ccccc1C)C1Cc4ccc(O)c5c4[C@@]3(CCN1CC1CC1)[C@@H]2O5. The standard InChI is InChI=1S/C32H37NO4/c1-19-6-4-5-7-22(19)27(35)29(2)18-30-12-13-32(29,36-3)28-31(30)14-15-33(17-20-8-9-20)24(30)16-21-10-11-23(34)26(37-28)25(21)31/h4-7,10-13,20,24,27-28,34-35H,8-9,14-18H2,1-3H3/t24?,27-,28-,29?,30?,31-,32-/m0/s1. The predicted molar refractivity (Wildman–Crippen MR) is 141 cm³/mol. The Morgan fingerprint density at radius 2 is 1.97 bits per heavy atom. The van der Waals surface area contributed by atoms with Crippen molar-refractivity contribution in [2.75, 3.05) is 20.2 Å². The van der Waals surface area contributed by atoms with Gasteiger partial charge in [-0.25, -0.2) is 0 Å². The lowest BCUT2D eigenvalue weighted by Gasteiger charge is -2.74. The number of aliphatic hydroxyl groups is 1. The normalized spacial score (nSPS) is 41.4. The molecular weight excluding hydrogens is 462 g/mol. The zero-order valence-corrected chi connectivity index (χ0v) is 22.0. The number of nitrogens with zero attached hydrogens (tertiary/aromatic N) is 1. The molecule has 7 aliphatic rings. The van der Waals surface area contributed by atoms with Gasteiger partial charge >= 0.3 is 0 Å². The van der Waals surface area contributed by atoms with E-state index in [4.69, 9.17) is 9.47 Å². The molecule has 7 atom stereocenters. The fourth-order valence-corrected chi connectivity index (χ4v) is 9.77. The molecule has 2 spiro atoms. The first-order valence-electron chi connectivity index (χ1n) is 14.1. The highest BCUT2D eigenvalue weighted by molar-refractivity contribution is 5.65. The first-order chi connectivity index (χ1) is 17.8. The van der Waals surface area contributed by atoms with Gasteiger partial charge in [-0.1, -0.05) is 49.4 Å². The number of aryl methyl sites for hydroxylation is 1. The third kappa shape index (κ3) is 2.40. The molecule has 0 radical (unpaired) electrons. The van der Waals surface area contributed by atoms with Gasteiger partial charge in [0.05, 0.1) is 11.5 Å². The van der Waals surface area contributed by atoms with Gasteiger partial charge in [-0.2, -0.15) is 0 Å². The van der Waals surface area contributed by atoms with Crippen LogP contribution in [0, 0.1) is 23.7 Å². The van der Waals surface area contributed by atoms with Gasteiger partial charge in [0.2, 0.25) is 0 Å². The number of hydrogen-bond donors (Lipinski definition) is 2. The largest absolute Gasteiger partial charge is 0.504 e. The Kier molecular flexibility index (Phi) is 4.28. The van der Waals surface area contributed by atoms with Gasteiger partial charge in [0.25, 0.3) is 0 Å². The van der Waals surface area contributed by atoms with E-state index in [0.717, 1.165) is 49.4 Å². The smallest absolute Gasteiger partial charge is 0.165 e. The minimum absolute atomic E-state index is 0.199. The van der Waals surface area contributed by atoms with E-state index in [-0.39, 0.29) is 22.7 Å². The summed E-state index contributed by atoms with van der Waals surface area (Å²) in [6.45, 7) is 6.50. The number of fused-ring (bicyclic) bond motifs is 1. The molecule has 9 rings (SSSR count). The average Bonchev–Trinajstić information content (AvgIpc) is 3.64. The van der Waals surface area contributed by atoms with Crippen LogP contribution in [0.2, 0.25) is 0 Å². The second kappa shape index (κ2) is 6.99. The van der Waals surface area contributed by atoms with Gasteiger partial charge in [0, 0.05) is 36.1 Å². The Morgan fingerprint density at radius 3 is 2.73 bits per heavy atom. The Labute approximate surface area is 219 Å². The monoisotopic (exact) mass is 499 g/mol. The number of aromatic hydroxyl groups is 1. The summed E-state index contributed by atoms with van der Waals surface area (Å²) in [6.07, 6.45) is 9.14. The number of piperidine rings is 1. The third-order valence-corrected chi connectivity index (χ3v) is 11.6. The average molecular weight is 500 g/mol. The summed E-state index contributed by atoms with van der Waals surface area (Å²) in [7, 11) is 1.78. The Hall–Kier alpha value is -2.34. The first-order valence-corrected chi connectivity index (χ1v) is 14.1. The number of ether oxygens (including phenoxy) is 2. The number of benzene rings is 2. The molecule has 0 amide bonds. The number of rotatable bonds is 5. The highest BCUT2D eigenvalue weighted by Crippen LogP contribution is 2.78. The van der Waals surface area contributed by atoms with Crippen molar-refractivity contribution in [3.05, 3.63) is 70.8 Å². The fourth-order valence-electron chi connectivity index (χ4n) is 9.77. The summed E-state index contributed by atoms with van der Waals surface area (Å²) in [4.78, 5) is 2.77. The van der Waals surface area contributed by atoms with Gasteiger partial charge in [-0.05, 0) is 74.2 Å². The van der Waals surface area contributed by atoms with Crippen molar-refractivity contribution in [2.24, 2.45) is 16.7 Å². The number of aliphatic hydroxyl groups excluding tert-OH is 1. The molecule has 5 heteroatoms. The van der Waals surface area contributed by atoms with E-state index >= 15 is 0 Å². The van der Waals surface area contributed by atoms with Crippen LogP contribution in [-0.2, 0) is 16.6 Å². The van der Waals surface area contributed by atoms with E-state index < -0.39 is 17.1 Å². The van der Waals surface area contributed by atoms with E-state index in [1.54, 1.807) is 7.11 Å². The number of phenolic OH excluding ortho intramolecular Hbond substituents is 1. The lowest BCUT2D eigenvalue weighted by molar-refractivity contribution is -0.270. The lowest BCUT2D eigenvalue weighted by Crippen LogP contribution is -2.82. The number of hydrogen-bond acceptors (Lipinski definition) is 5. The maximum Gasteiger partial charge on any atom is 0.165 e. The number of likely N-dealkylation sites (tertiary alicyclic amines) is 1. The zero-order valence-electron chi connectivity index (χ0n) is 22.0. The van der Waals surface area contributed by atoms with Crippen LogP contribution in [-0.4, -0.2) is 53.1 Å². The second-order valence-corrected chi connectivity index (χ2v) is 13.0. The summed E-state index contributed by atoms with van der Waals surface area (Å²) < 4.78 is 13.5. The van der Waals surface area contributed by atoms with Crippen LogP contribution in [0.25, 0.3) is 0 Å². The molecule has 2 aliphatic heterocycles. The van der Waals surface area contributed by atoms with E-state index in [2.05, 4.69) is 49.1 Å². The highest BCUT2D eigenvalue weighted by atomic mass is 16.6. The third-order valence-electron chi connectivity index (χ3n) is 11.6. The van der Waals surface area contributed by atoms with Gasteiger partial charge in [-0.3, -0.25) is 4.90 Å². The minimum Gasteiger partial charge on any atom is -0.504 e. The van der Waals surface area contributed by atoms with E-state index in [1.165, 1.54) is 24.0 Å². The van der Waals surface area contributed by atoms with Crippen LogP contribution in [0.1, 0.15) is 61.0 Å². The second-order valence-electron chi connectivity index (χ2n) is 13.0. The number of phenols is 1. The first kappa shape index (κ1) is 22.6. The molecule has 2 N–H and O–H groups in total. The van der Waals surface area contributed by atoms with Crippen molar-refractivity contribution >= 4 is 0 Å². The zero-order chi connectivity index (χ0) is 25.4. The van der Waals surface area contributed by atoms with Crippen LogP contribution in [0.15, 0.2) is 48.6 Å². The minimum atomic E-state index is -0.834. The molecule has 3 fully saturated rings. The van der Waals surface area contributed by atoms with Crippen molar-refractivity contribution in [1.29, 1.82) is 0 Å². The molecule has 2 aromatic rings. The highest BCUT2D eigenvalue weighted by Gasteiger charge is 2.82. The van der Waals surface area contributed by atoms with Crippen LogP contribution in [0.4, 0.5) is 0 Å². The van der Waals surface area contributed by atoms with E-state index in [0.29, 0.717) is 11.8 Å². The molecule has 4 bridgehead atoms. The molecule has 5 aliphatic carbocycles. The number of methoxy groups -OCH3 is 1. The molecule has 2 aromatic carbocycles. The molecule has 3 unspecified atom stereocenters. The van der Waals surface area contributed by atoms with Crippen molar-refractivity contribution in [1.82, 2.24) is 4.90 Å². The maximum absolute atomic E-state index is 12.3. The van der Waals surface area contributed by atoms with E-state index in [1.807, 2.05) is 18.2 Å². The van der Waals surface area contributed by atoms with Gasteiger partial charge in [0.1, 0.15) is 11.7 Å². The molecule has 0 aromatic heterocycles. The summed E-state index contributed by atoms with van der Waals surface area (Å²) in [5.41, 5.74) is 2.67. The molecule has 5 nitrogen and oxygen atoms in total. The van der Waals surface area contributed by atoms with Crippen molar-refractivity contribution < 1.29 is 19.7 Å². The van der Waals surface area contributed by atoms with Crippen LogP contribution >= 0.6 is 0 Å². The van der Waals surface area contributed by atoms with Gasteiger partial charge < -0.3 is 19.7 Å². The topological polar surface area (TPSA) is 62.2 Å². The van der Waals surface area contributed by atoms with Gasteiger partial charge in [-0.15, -0.1) is 0 Å². The quantitative estimate of drug-likeness (QED) is 0.578. The Morgan fingerprint density at radius 1 is 1.16 bits per heavy atom. The van der Waals surface area contributed by atoms with Crippen LogP contribution in [0.5, 0.6) is 11.5 Å². The summed E-state index contributed by atoms with van der Waals surface area (Å²) >= 11 is 0. The summed E-state index contributed by atoms with van der Waals surface area (Å²) in [6, 6.07) is 12.5. The van der Waals surface area contributed by atoms with Crippen molar-refractivity contribution in [3.63, 3.8) is 0 Å². The molecule has 2 heterocycles. The van der Waals surface area contributed by atoms with Crippen LogP contribution < -0.4 is 4.74 Å². The Bertz CT molecular complexity index is 1350. The molecule has 2 saturated carbocycles. The molecule has 37 heavy (non-hydrogen) atoms. The van der Waals surface area contributed by atoms with Gasteiger partial charge in [0.15, 0.2) is 11.5 Å². The maximum atomic E-state index is 12.3. The summed E-state index contributed by atoms with van der Waals surface area (Å²) in [5.74, 6) is 1.69. The molecular formula is C32H37NO4. The van der Waals surface area contributed by atoms with Crippen molar-refractivity contribution in [3.8, 4) is 11.5 Å². The fraction of sp³-hybridized carbons (Fsp3) is 0.562. The Balaban J connectivity index is 1.38. The van der Waals surface area contributed by atoms with E-state index in [9.17, 15) is 10.2 Å². The lowest BCUT2D eigenvalue weighted by atomic mass is 9.33. The molecule has 194 valence electrons. The predicted octanol–water partition coefficient (Wildman–Crippen LogP) is 4.82.